The third-order valence-corrected chi connectivity index (χ3v) is 17.1. The Labute approximate surface area is 203 Å². The van der Waals surface area contributed by atoms with Crippen LogP contribution >= 0.6 is 0 Å². The van der Waals surface area contributed by atoms with Gasteiger partial charge in [0.2, 0.25) is 0 Å². The minimum absolute atomic E-state index is 0.159. The van der Waals surface area contributed by atoms with Gasteiger partial charge in [0.05, 0.1) is 0 Å². The van der Waals surface area contributed by atoms with Gasteiger partial charge in [-0.3, -0.25) is 0 Å². The van der Waals surface area contributed by atoms with Crippen LogP contribution in [-0.4, -0.2) is 63.1 Å². The molecule has 0 saturated carbocycles. The van der Waals surface area contributed by atoms with Crippen molar-refractivity contribution in [2.24, 2.45) is 0 Å². The Morgan fingerprint density at radius 1 is 0.970 bits per heavy atom. The zero-order valence-corrected chi connectivity index (χ0v) is 23.0. The van der Waals surface area contributed by atoms with E-state index in [1.165, 1.54) is 0 Å². The van der Waals surface area contributed by atoms with Crippen molar-refractivity contribution in [2.75, 3.05) is 13.2 Å². The van der Waals surface area contributed by atoms with E-state index in [9.17, 15) is 0 Å². The molecule has 0 unspecified atom stereocenters. The summed E-state index contributed by atoms with van der Waals surface area (Å²) in [4.78, 5) is 0. The molecule has 1 aromatic rings. The van der Waals surface area contributed by atoms with Crippen LogP contribution in [0.5, 0.6) is 0 Å². The molecule has 4 rings (SSSR count). The maximum absolute atomic E-state index is 7.00. The van der Waals surface area contributed by atoms with Crippen LogP contribution in [0.2, 0.25) is 8.87 Å². The first-order chi connectivity index (χ1) is 16.2. The van der Waals surface area contributed by atoms with Gasteiger partial charge in [0.1, 0.15) is 0 Å². The molecule has 6 nitrogen and oxygen atoms in total. The van der Waals surface area contributed by atoms with Crippen molar-refractivity contribution in [3.8, 4) is 0 Å². The average molecular weight is 567 g/mol. The number of rotatable bonds is 12. The van der Waals surface area contributed by atoms with E-state index >= 15 is 0 Å². The molecule has 0 bridgehead atoms. The summed E-state index contributed by atoms with van der Waals surface area (Å²) in [7, 11) is 0. The molecule has 0 N–H and O–H groups in total. The molecule has 1 aromatic carbocycles. The monoisotopic (exact) mass is 568 g/mol. The second-order valence-electron chi connectivity index (χ2n) is 9.30. The fraction of sp³-hybridized carbons (Fsp3) is 0.692. The number of unbranched alkanes of at least 4 members (excludes halogenated alkanes) is 3. The Balaban J connectivity index is 1.54. The van der Waals surface area contributed by atoms with Crippen molar-refractivity contribution < 1.29 is 25.1 Å². The molecule has 3 heterocycles. The second kappa shape index (κ2) is 12.5. The molecular formula is C26H40O6Sn. The van der Waals surface area contributed by atoms with Gasteiger partial charge in [-0.1, -0.05) is 0 Å². The summed E-state index contributed by atoms with van der Waals surface area (Å²) in [5.74, 6) is 0. The molecule has 0 aliphatic carbocycles. The van der Waals surface area contributed by atoms with Crippen molar-refractivity contribution in [2.45, 2.75) is 98.2 Å². The molecule has 0 amide bonds. The zero-order valence-electron chi connectivity index (χ0n) is 20.2. The Morgan fingerprint density at radius 2 is 1.70 bits per heavy atom. The van der Waals surface area contributed by atoms with Crippen molar-refractivity contribution >= 4 is 19.2 Å². The summed E-state index contributed by atoms with van der Waals surface area (Å²) in [6.45, 7) is 9.34. The molecule has 3 fully saturated rings. The summed E-state index contributed by atoms with van der Waals surface area (Å²) in [6.07, 6.45) is 6.67. The summed E-state index contributed by atoms with van der Waals surface area (Å²) < 4.78 is 41.2. The van der Waals surface area contributed by atoms with E-state index < -0.39 is 31.8 Å². The summed E-state index contributed by atoms with van der Waals surface area (Å²) in [5.41, 5.74) is 1.01. The van der Waals surface area contributed by atoms with Gasteiger partial charge in [-0.25, -0.2) is 0 Å². The van der Waals surface area contributed by atoms with Gasteiger partial charge in [0.25, 0.3) is 0 Å². The first kappa shape index (κ1) is 25.6. The van der Waals surface area contributed by atoms with Gasteiger partial charge in [0, 0.05) is 0 Å². The van der Waals surface area contributed by atoms with Crippen molar-refractivity contribution in [3.05, 3.63) is 48.6 Å². The SMILES string of the molecule is C=CCCCO[C@H]1O[C@@H]2CO[C@@H](c3ccccc3)O[C@H]2[C@@H]2[O][Sn]([CH2]CCC)([CH2]CCC)[O][C@H]12. The van der Waals surface area contributed by atoms with E-state index in [4.69, 9.17) is 25.1 Å². The van der Waals surface area contributed by atoms with Gasteiger partial charge in [-0.05, 0) is 0 Å². The third-order valence-electron chi connectivity index (χ3n) is 6.71. The maximum atomic E-state index is 7.00. The van der Waals surface area contributed by atoms with Crippen LogP contribution < -0.4 is 0 Å². The van der Waals surface area contributed by atoms with Gasteiger partial charge in [-0.15, -0.1) is 0 Å². The predicted octanol–water partition coefficient (Wildman–Crippen LogP) is 5.63. The molecule has 7 heteroatoms. The third kappa shape index (κ3) is 6.21. The Hall–Kier alpha value is -0.481. The van der Waals surface area contributed by atoms with Crippen LogP contribution in [0.15, 0.2) is 43.0 Å². The van der Waals surface area contributed by atoms with Gasteiger partial charge in [0.15, 0.2) is 0 Å². The molecule has 6 atom stereocenters. The number of hydrogen-bond acceptors (Lipinski definition) is 6. The number of allylic oxidation sites excluding steroid dienone is 1. The van der Waals surface area contributed by atoms with Crippen LogP contribution in [-0.2, 0) is 25.1 Å². The number of hydrogen-bond donors (Lipinski definition) is 0. The van der Waals surface area contributed by atoms with E-state index in [0.29, 0.717) is 13.2 Å². The zero-order chi connectivity index (χ0) is 23.1. The fourth-order valence-corrected chi connectivity index (χ4v) is 16.5. The average Bonchev–Trinajstić information content (AvgIpc) is 3.25. The van der Waals surface area contributed by atoms with Gasteiger partial charge < -0.3 is 0 Å². The van der Waals surface area contributed by atoms with Crippen molar-refractivity contribution in [1.82, 2.24) is 0 Å². The van der Waals surface area contributed by atoms with Crippen LogP contribution in [0.4, 0.5) is 0 Å². The Kier molecular flexibility index (Phi) is 9.68. The van der Waals surface area contributed by atoms with E-state index in [1.807, 2.05) is 36.4 Å². The first-order valence-electron chi connectivity index (χ1n) is 12.7. The fourth-order valence-electron chi connectivity index (χ4n) is 4.92. The van der Waals surface area contributed by atoms with E-state index in [2.05, 4.69) is 20.4 Å². The standard InChI is InChI=1S/C18H22O6.2C4H9.Sn/c1-2-3-7-10-21-18-15(20)14(19)16-13(23-18)11-22-17(24-16)12-8-5-4-6-9-12;2*1-3-4-2;/h2,4-6,8-9,13-18H,1,3,7,10-11H2;2*1,3-4H2,2H3;/q-2;;;+2/t13-,14-,15+,16-,17-,18+;;;/m1.../s1. The first-order valence-corrected chi connectivity index (χ1v) is 19.1. The van der Waals surface area contributed by atoms with Gasteiger partial charge in [-0.2, -0.15) is 0 Å². The van der Waals surface area contributed by atoms with Crippen molar-refractivity contribution in [1.29, 1.82) is 0 Å². The molecule has 0 radical (unpaired) electrons. The quantitative estimate of drug-likeness (QED) is 0.185. The molecule has 0 spiro atoms. The topological polar surface area (TPSA) is 55.4 Å². The van der Waals surface area contributed by atoms with E-state index in [1.54, 1.807) is 0 Å². The van der Waals surface area contributed by atoms with Crippen LogP contribution in [0, 0.1) is 0 Å². The summed E-state index contributed by atoms with van der Waals surface area (Å²) in [5, 5.41) is 0. The van der Waals surface area contributed by atoms with E-state index in [-0.39, 0.29) is 24.4 Å². The summed E-state index contributed by atoms with van der Waals surface area (Å²) in [6, 6.07) is 10.1. The molecule has 3 aliphatic heterocycles. The molecule has 3 aliphatic rings. The number of ether oxygens (including phenoxy) is 4. The van der Waals surface area contributed by atoms with Crippen LogP contribution in [0.25, 0.3) is 0 Å². The number of benzene rings is 1. The van der Waals surface area contributed by atoms with Gasteiger partial charge >= 0.3 is 204 Å². The Bertz CT molecular complexity index is 723. The van der Waals surface area contributed by atoms with Crippen LogP contribution in [0.1, 0.15) is 64.2 Å². The minimum atomic E-state index is -3.28. The number of fused-ring (bicyclic) bond motifs is 3. The molecule has 0 aromatic heterocycles. The second-order valence-corrected chi connectivity index (χ2v) is 18.7. The molecular weight excluding hydrogens is 527 g/mol. The van der Waals surface area contributed by atoms with Crippen LogP contribution in [0.3, 0.4) is 0 Å². The molecule has 33 heavy (non-hydrogen) atoms. The predicted molar refractivity (Wildman–Crippen MR) is 129 cm³/mol. The summed E-state index contributed by atoms with van der Waals surface area (Å²) >= 11 is -3.28. The van der Waals surface area contributed by atoms with Crippen molar-refractivity contribution in [3.63, 3.8) is 0 Å². The Morgan fingerprint density at radius 3 is 2.39 bits per heavy atom. The van der Waals surface area contributed by atoms with E-state index in [0.717, 1.165) is 53.0 Å². The molecule has 3 saturated heterocycles. The molecule has 184 valence electrons. The normalized spacial score (nSPS) is 32.8.